The maximum absolute atomic E-state index is 12.2. The summed E-state index contributed by atoms with van der Waals surface area (Å²) in [5, 5.41) is 21.2. The number of carbonyl (C=O) groups is 1. The van der Waals surface area contributed by atoms with Gasteiger partial charge in [0, 0.05) is 29.7 Å². The topological polar surface area (TPSA) is 116 Å². The minimum absolute atomic E-state index is 0.134. The molecule has 4 aromatic rings. The molecule has 0 aliphatic rings. The molecule has 0 amide bonds. The molecule has 0 spiro atoms. The van der Waals surface area contributed by atoms with Crippen molar-refractivity contribution in [2.24, 2.45) is 4.99 Å². The van der Waals surface area contributed by atoms with Crippen molar-refractivity contribution >= 4 is 34.1 Å². The third kappa shape index (κ3) is 3.14. The number of nitrogens with zero attached hydrogens (tertiary/aromatic N) is 1. The number of rotatable bonds is 5. The second kappa shape index (κ2) is 7.03. The Morgan fingerprint density at radius 1 is 1.14 bits per heavy atom. The van der Waals surface area contributed by atoms with Crippen LogP contribution in [-0.2, 0) is 11.2 Å². The summed E-state index contributed by atoms with van der Waals surface area (Å²) in [4.78, 5) is 31.0. The molecule has 0 fully saturated rings. The summed E-state index contributed by atoms with van der Waals surface area (Å²) >= 11 is 0. The lowest BCUT2D eigenvalue weighted by atomic mass is 10.1. The number of carboxylic acid groups (broad SMARTS) is 1. The van der Waals surface area contributed by atoms with Crippen LogP contribution in [-0.4, -0.2) is 33.4 Å². The van der Waals surface area contributed by atoms with Crippen LogP contribution in [0.3, 0.4) is 0 Å². The molecule has 28 heavy (non-hydrogen) atoms. The molecule has 0 aliphatic heterocycles. The van der Waals surface area contributed by atoms with Crippen LogP contribution in [0.2, 0.25) is 0 Å². The summed E-state index contributed by atoms with van der Waals surface area (Å²) in [6.07, 6.45) is 2.95. The number of fused-ring (bicyclic) bond motifs is 2. The van der Waals surface area contributed by atoms with Gasteiger partial charge in [0.1, 0.15) is 16.9 Å². The minimum atomic E-state index is -1.13. The van der Waals surface area contributed by atoms with Crippen molar-refractivity contribution in [2.75, 3.05) is 0 Å². The van der Waals surface area contributed by atoms with E-state index in [2.05, 4.69) is 9.98 Å². The van der Waals surface area contributed by atoms with Crippen LogP contribution in [0.15, 0.2) is 68.9 Å². The molecule has 7 nitrogen and oxygen atoms in total. The van der Waals surface area contributed by atoms with Gasteiger partial charge < -0.3 is 19.6 Å². The first-order valence-electron chi connectivity index (χ1n) is 8.60. The zero-order valence-corrected chi connectivity index (χ0v) is 14.6. The van der Waals surface area contributed by atoms with Crippen molar-refractivity contribution in [2.45, 2.75) is 12.5 Å². The number of benzene rings is 2. The highest BCUT2D eigenvalue weighted by atomic mass is 16.4. The van der Waals surface area contributed by atoms with Crippen LogP contribution in [0, 0.1) is 0 Å². The largest absolute Gasteiger partial charge is 0.506 e. The van der Waals surface area contributed by atoms with E-state index in [9.17, 15) is 19.8 Å². The molecule has 7 heteroatoms. The zero-order chi connectivity index (χ0) is 19.7. The van der Waals surface area contributed by atoms with Gasteiger partial charge in [-0.15, -0.1) is 0 Å². The number of aliphatic carboxylic acids is 1. The number of H-pyrrole nitrogens is 1. The highest BCUT2D eigenvalue weighted by Crippen LogP contribution is 2.25. The van der Waals surface area contributed by atoms with Crippen molar-refractivity contribution in [1.82, 2.24) is 4.98 Å². The van der Waals surface area contributed by atoms with Crippen LogP contribution in [0.5, 0.6) is 5.75 Å². The third-order valence-electron chi connectivity index (χ3n) is 4.58. The predicted octanol–water partition coefficient (Wildman–Crippen LogP) is 3.09. The maximum atomic E-state index is 12.2. The van der Waals surface area contributed by atoms with E-state index >= 15 is 0 Å². The third-order valence-corrected chi connectivity index (χ3v) is 4.58. The van der Waals surface area contributed by atoms with Gasteiger partial charge in [-0.3, -0.25) is 4.99 Å². The fraction of sp³-hybridized carbons (Fsp3) is 0.0952. The minimum Gasteiger partial charge on any atom is -0.506 e. The van der Waals surface area contributed by atoms with Gasteiger partial charge >= 0.3 is 11.6 Å². The van der Waals surface area contributed by atoms with E-state index < -0.39 is 17.6 Å². The van der Waals surface area contributed by atoms with Crippen LogP contribution in [0.1, 0.15) is 11.1 Å². The van der Waals surface area contributed by atoms with Gasteiger partial charge in [0.25, 0.3) is 0 Å². The van der Waals surface area contributed by atoms with E-state index in [-0.39, 0.29) is 23.3 Å². The van der Waals surface area contributed by atoms with Crippen LogP contribution >= 0.6 is 0 Å². The molecule has 4 rings (SSSR count). The second-order valence-corrected chi connectivity index (χ2v) is 6.34. The van der Waals surface area contributed by atoms with Crippen molar-refractivity contribution in [3.8, 4) is 5.75 Å². The van der Waals surface area contributed by atoms with Gasteiger partial charge in [0.15, 0.2) is 6.04 Å². The lowest BCUT2D eigenvalue weighted by Crippen LogP contribution is -2.21. The number of aromatic amines is 1. The summed E-state index contributed by atoms with van der Waals surface area (Å²) in [5.41, 5.74) is 0.990. The Bertz CT molecular complexity index is 1270. The highest BCUT2D eigenvalue weighted by Gasteiger charge is 2.19. The van der Waals surface area contributed by atoms with Gasteiger partial charge in [0.05, 0.1) is 5.39 Å². The van der Waals surface area contributed by atoms with E-state index in [0.29, 0.717) is 5.39 Å². The molecule has 1 atom stereocenters. The summed E-state index contributed by atoms with van der Waals surface area (Å²) in [7, 11) is 0. The van der Waals surface area contributed by atoms with Crippen molar-refractivity contribution in [3.63, 3.8) is 0 Å². The Kier molecular flexibility index (Phi) is 4.41. The lowest BCUT2D eigenvalue weighted by Gasteiger charge is -2.07. The molecule has 140 valence electrons. The molecule has 3 N–H and O–H groups in total. The summed E-state index contributed by atoms with van der Waals surface area (Å²) < 4.78 is 5.17. The van der Waals surface area contributed by atoms with Crippen LogP contribution < -0.4 is 5.63 Å². The quantitative estimate of drug-likeness (QED) is 0.366. The molecule has 1 unspecified atom stereocenters. The molecular formula is C21H16N2O5. The monoisotopic (exact) mass is 376 g/mol. The van der Waals surface area contributed by atoms with Crippen LogP contribution in [0.4, 0.5) is 0 Å². The summed E-state index contributed by atoms with van der Waals surface area (Å²) in [5.74, 6) is -1.42. The normalized spacial score (nSPS) is 12.7. The Hall–Kier alpha value is -3.87. The SMILES string of the molecule is O=C(O)C(Cc1c[nH]c2ccccc12)N=Cc1c(O)c2ccccc2oc1=O. The molecule has 0 saturated carbocycles. The number of hydrogen-bond donors (Lipinski definition) is 3. The fourth-order valence-corrected chi connectivity index (χ4v) is 3.14. The molecule has 2 aromatic carbocycles. The number of hydrogen-bond acceptors (Lipinski definition) is 5. The number of aromatic hydroxyl groups is 1. The Morgan fingerprint density at radius 3 is 2.64 bits per heavy atom. The fourth-order valence-electron chi connectivity index (χ4n) is 3.14. The van der Waals surface area contributed by atoms with Crippen molar-refractivity contribution < 1.29 is 19.4 Å². The van der Waals surface area contributed by atoms with Crippen molar-refractivity contribution in [3.05, 3.63) is 76.3 Å². The van der Waals surface area contributed by atoms with Crippen molar-refractivity contribution in [1.29, 1.82) is 0 Å². The predicted molar refractivity (Wildman–Crippen MR) is 105 cm³/mol. The van der Waals surface area contributed by atoms with Gasteiger partial charge in [-0.05, 0) is 23.8 Å². The molecule has 0 radical (unpaired) electrons. The first-order chi connectivity index (χ1) is 13.5. The van der Waals surface area contributed by atoms with E-state index in [1.165, 1.54) is 0 Å². The Labute approximate surface area is 158 Å². The standard InChI is InChI=1S/C21H16N2O5/c24-19-14-6-2-4-8-18(14)28-21(27)15(19)11-23-17(20(25)26)9-12-10-22-16-7-3-1-5-13(12)16/h1-8,10-11,17,22,24H,9H2,(H,25,26). The molecule has 0 aliphatic carbocycles. The summed E-state index contributed by atoms with van der Waals surface area (Å²) in [6, 6.07) is 13.0. The van der Waals surface area contributed by atoms with Gasteiger partial charge in [0.2, 0.25) is 0 Å². The van der Waals surface area contributed by atoms with E-state index in [4.69, 9.17) is 4.42 Å². The number of nitrogens with one attached hydrogen (secondary N) is 1. The Morgan fingerprint density at radius 2 is 1.86 bits per heavy atom. The first kappa shape index (κ1) is 17.5. The number of aromatic nitrogens is 1. The molecule has 2 heterocycles. The molecular weight excluding hydrogens is 360 g/mol. The first-order valence-corrected chi connectivity index (χ1v) is 8.60. The number of para-hydroxylation sites is 2. The smallest absolute Gasteiger partial charge is 0.348 e. The van der Waals surface area contributed by atoms with Gasteiger partial charge in [-0.25, -0.2) is 9.59 Å². The van der Waals surface area contributed by atoms with E-state index in [1.54, 1.807) is 30.5 Å². The van der Waals surface area contributed by atoms with Gasteiger partial charge in [-0.1, -0.05) is 30.3 Å². The maximum Gasteiger partial charge on any atom is 0.348 e. The van der Waals surface area contributed by atoms with E-state index in [0.717, 1.165) is 22.7 Å². The average molecular weight is 376 g/mol. The number of carboxylic acids is 1. The molecule has 2 aromatic heterocycles. The molecule has 0 saturated heterocycles. The Balaban J connectivity index is 1.69. The number of aliphatic imine (C=N–C) groups is 1. The highest BCUT2D eigenvalue weighted by molar-refractivity contribution is 5.94. The average Bonchev–Trinajstić information content (AvgIpc) is 3.09. The van der Waals surface area contributed by atoms with Crippen LogP contribution in [0.25, 0.3) is 21.9 Å². The van der Waals surface area contributed by atoms with Gasteiger partial charge in [-0.2, -0.15) is 0 Å². The lowest BCUT2D eigenvalue weighted by molar-refractivity contribution is -0.138. The molecule has 0 bridgehead atoms. The zero-order valence-electron chi connectivity index (χ0n) is 14.6. The van der Waals surface area contributed by atoms with E-state index in [1.807, 2.05) is 24.3 Å². The summed E-state index contributed by atoms with van der Waals surface area (Å²) in [6.45, 7) is 0. The second-order valence-electron chi connectivity index (χ2n) is 6.34.